The molecule has 0 aliphatic carbocycles. The molecule has 7 heteroatoms. The van der Waals surface area contributed by atoms with Gasteiger partial charge in [0.15, 0.2) is 0 Å². The molecule has 0 aliphatic rings. The van der Waals surface area contributed by atoms with Gasteiger partial charge in [0.1, 0.15) is 5.69 Å². The Kier molecular flexibility index (Phi) is 4.84. The summed E-state index contributed by atoms with van der Waals surface area (Å²) in [7, 11) is 1.77. The molecule has 18 heavy (non-hydrogen) atoms. The van der Waals surface area contributed by atoms with Gasteiger partial charge < -0.3 is 4.90 Å². The highest BCUT2D eigenvalue weighted by molar-refractivity contribution is 6.28. The predicted molar refractivity (Wildman–Crippen MR) is 71.2 cm³/mol. The third kappa shape index (κ3) is 3.53. The van der Waals surface area contributed by atoms with Crippen molar-refractivity contribution >= 4 is 23.1 Å². The molecule has 1 heterocycles. The zero-order valence-electron chi connectivity index (χ0n) is 11.0. The van der Waals surface area contributed by atoms with E-state index in [2.05, 4.69) is 23.8 Å². The van der Waals surface area contributed by atoms with E-state index in [1.54, 1.807) is 18.9 Å². The van der Waals surface area contributed by atoms with Crippen LogP contribution in [-0.2, 0) is 0 Å². The van der Waals surface area contributed by atoms with Gasteiger partial charge in [-0.25, -0.2) is 4.98 Å². The van der Waals surface area contributed by atoms with Crippen molar-refractivity contribution in [2.24, 2.45) is 5.92 Å². The SMILES string of the molecule is Cc1nc(Cl)nc(N(C)CCC(C)C)c1[N+](=O)[O-]. The van der Waals surface area contributed by atoms with E-state index in [0.717, 1.165) is 6.42 Å². The Hall–Kier alpha value is -1.43. The summed E-state index contributed by atoms with van der Waals surface area (Å²) >= 11 is 5.76. The first-order valence-corrected chi connectivity index (χ1v) is 6.10. The summed E-state index contributed by atoms with van der Waals surface area (Å²) in [5.74, 6) is 0.795. The first-order chi connectivity index (χ1) is 8.32. The fourth-order valence-electron chi connectivity index (χ4n) is 1.56. The van der Waals surface area contributed by atoms with E-state index in [0.29, 0.717) is 12.5 Å². The molecule has 0 saturated carbocycles. The second-order valence-electron chi connectivity index (χ2n) is 4.61. The van der Waals surface area contributed by atoms with Crippen LogP contribution >= 0.6 is 11.6 Å². The van der Waals surface area contributed by atoms with E-state index in [-0.39, 0.29) is 22.5 Å². The van der Waals surface area contributed by atoms with Crippen LogP contribution < -0.4 is 4.90 Å². The third-order valence-corrected chi connectivity index (χ3v) is 2.77. The number of rotatable bonds is 5. The van der Waals surface area contributed by atoms with Crippen molar-refractivity contribution in [3.63, 3.8) is 0 Å². The number of hydrogen-bond acceptors (Lipinski definition) is 5. The highest BCUT2D eigenvalue weighted by Crippen LogP contribution is 2.29. The van der Waals surface area contributed by atoms with Crippen molar-refractivity contribution in [2.75, 3.05) is 18.5 Å². The Bertz CT molecular complexity index is 451. The van der Waals surface area contributed by atoms with Crippen LogP contribution in [-0.4, -0.2) is 28.5 Å². The molecular formula is C11H17ClN4O2. The van der Waals surface area contributed by atoms with Crippen LogP contribution in [0.15, 0.2) is 0 Å². The molecule has 0 N–H and O–H groups in total. The summed E-state index contributed by atoms with van der Waals surface area (Å²) in [6.07, 6.45) is 0.925. The molecule has 1 aromatic rings. The molecule has 0 aromatic carbocycles. The average molecular weight is 273 g/mol. The van der Waals surface area contributed by atoms with Gasteiger partial charge in [0, 0.05) is 13.6 Å². The summed E-state index contributed by atoms with van der Waals surface area (Å²) in [5.41, 5.74) is 0.206. The number of aromatic nitrogens is 2. The van der Waals surface area contributed by atoms with Crippen molar-refractivity contribution in [3.8, 4) is 0 Å². The van der Waals surface area contributed by atoms with E-state index in [1.165, 1.54) is 0 Å². The molecule has 0 saturated heterocycles. The molecule has 0 radical (unpaired) electrons. The molecule has 0 fully saturated rings. The lowest BCUT2D eigenvalue weighted by atomic mass is 10.1. The van der Waals surface area contributed by atoms with Crippen LogP contribution in [0.1, 0.15) is 26.0 Å². The number of nitro groups is 1. The monoisotopic (exact) mass is 272 g/mol. The van der Waals surface area contributed by atoms with Crippen molar-refractivity contribution < 1.29 is 4.92 Å². The van der Waals surface area contributed by atoms with Gasteiger partial charge in [-0.15, -0.1) is 0 Å². The number of aryl methyl sites for hydroxylation is 1. The Balaban J connectivity index is 3.09. The van der Waals surface area contributed by atoms with E-state index < -0.39 is 4.92 Å². The largest absolute Gasteiger partial charge is 0.354 e. The molecule has 0 aliphatic heterocycles. The molecule has 1 rings (SSSR count). The first kappa shape index (κ1) is 14.6. The Morgan fingerprint density at radius 3 is 2.56 bits per heavy atom. The maximum absolute atomic E-state index is 11.1. The maximum atomic E-state index is 11.1. The second-order valence-corrected chi connectivity index (χ2v) is 4.95. The minimum Gasteiger partial charge on any atom is -0.354 e. The highest BCUT2D eigenvalue weighted by Gasteiger charge is 2.24. The van der Waals surface area contributed by atoms with Crippen molar-refractivity contribution in [1.82, 2.24) is 9.97 Å². The summed E-state index contributed by atoms with van der Waals surface area (Å²) in [5, 5.41) is 11.1. The minimum atomic E-state index is -0.465. The lowest BCUT2D eigenvalue weighted by molar-refractivity contribution is -0.385. The smallest absolute Gasteiger partial charge is 0.332 e. The molecule has 0 amide bonds. The number of hydrogen-bond donors (Lipinski definition) is 0. The van der Waals surface area contributed by atoms with Crippen LogP contribution in [0.25, 0.3) is 0 Å². The van der Waals surface area contributed by atoms with E-state index >= 15 is 0 Å². The summed E-state index contributed by atoms with van der Waals surface area (Å²) < 4.78 is 0. The van der Waals surface area contributed by atoms with Crippen LogP contribution in [0, 0.1) is 23.0 Å². The zero-order chi connectivity index (χ0) is 13.9. The first-order valence-electron chi connectivity index (χ1n) is 5.72. The number of anilines is 1. The van der Waals surface area contributed by atoms with Gasteiger partial charge in [-0.05, 0) is 30.9 Å². The van der Waals surface area contributed by atoms with E-state index in [1.807, 2.05) is 0 Å². The van der Waals surface area contributed by atoms with Gasteiger partial charge in [0.05, 0.1) is 4.92 Å². The molecular weight excluding hydrogens is 256 g/mol. The number of halogens is 1. The van der Waals surface area contributed by atoms with Crippen LogP contribution in [0.4, 0.5) is 11.5 Å². The summed E-state index contributed by atoms with van der Waals surface area (Å²) in [6, 6.07) is 0. The molecule has 0 unspecified atom stereocenters. The maximum Gasteiger partial charge on any atom is 0.332 e. The molecule has 6 nitrogen and oxygen atoms in total. The Morgan fingerprint density at radius 2 is 2.06 bits per heavy atom. The van der Waals surface area contributed by atoms with Gasteiger partial charge in [0.2, 0.25) is 11.1 Å². The van der Waals surface area contributed by atoms with Gasteiger partial charge in [0.25, 0.3) is 0 Å². The van der Waals surface area contributed by atoms with Gasteiger partial charge in [-0.3, -0.25) is 10.1 Å². The standard InChI is InChI=1S/C11H17ClN4O2/c1-7(2)5-6-15(4)10-9(16(17)18)8(3)13-11(12)14-10/h7H,5-6H2,1-4H3. The van der Waals surface area contributed by atoms with Crippen LogP contribution in [0.2, 0.25) is 5.28 Å². The summed E-state index contributed by atoms with van der Waals surface area (Å²) in [6.45, 7) is 6.44. The average Bonchev–Trinajstić information content (AvgIpc) is 2.23. The molecule has 0 spiro atoms. The van der Waals surface area contributed by atoms with E-state index in [9.17, 15) is 10.1 Å². The van der Waals surface area contributed by atoms with Gasteiger partial charge in [-0.1, -0.05) is 13.8 Å². The van der Waals surface area contributed by atoms with Gasteiger partial charge >= 0.3 is 5.69 Å². The van der Waals surface area contributed by atoms with Crippen molar-refractivity contribution in [2.45, 2.75) is 27.2 Å². The second kappa shape index (κ2) is 5.95. The normalized spacial score (nSPS) is 10.8. The van der Waals surface area contributed by atoms with Crippen LogP contribution in [0.5, 0.6) is 0 Å². The minimum absolute atomic E-state index is 0.0319. The lowest BCUT2D eigenvalue weighted by Crippen LogP contribution is -2.23. The van der Waals surface area contributed by atoms with Crippen molar-refractivity contribution in [3.05, 3.63) is 21.1 Å². The van der Waals surface area contributed by atoms with Gasteiger partial charge in [-0.2, -0.15) is 4.98 Å². The Morgan fingerprint density at radius 1 is 1.44 bits per heavy atom. The Labute approximate surface area is 111 Å². The lowest BCUT2D eigenvalue weighted by Gasteiger charge is -2.19. The predicted octanol–water partition coefficient (Wildman–Crippen LogP) is 2.83. The fraction of sp³-hybridized carbons (Fsp3) is 0.636. The van der Waals surface area contributed by atoms with Crippen molar-refractivity contribution in [1.29, 1.82) is 0 Å². The number of nitrogens with zero attached hydrogens (tertiary/aromatic N) is 4. The molecule has 100 valence electrons. The topological polar surface area (TPSA) is 72.2 Å². The third-order valence-electron chi connectivity index (χ3n) is 2.60. The van der Waals surface area contributed by atoms with E-state index in [4.69, 9.17) is 11.6 Å². The zero-order valence-corrected chi connectivity index (χ0v) is 11.7. The summed E-state index contributed by atoms with van der Waals surface area (Å²) in [4.78, 5) is 20.1. The fourth-order valence-corrected chi connectivity index (χ4v) is 1.76. The highest BCUT2D eigenvalue weighted by atomic mass is 35.5. The van der Waals surface area contributed by atoms with Crippen LogP contribution in [0.3, 0.4) is 0 Å². The molecule has 0 bridgehead atoms. The molecule has 1 aromatic heterocycles. The quantitative estimate of drug-likeness (QED) is 0.468. The molecule has 0 atom stereocenters.